The number of carbonyl (C=O) groups is 1. The van der Waals surface area contributed by atoms with Gasteiger partial charge in [-0.25, -0.2) is 4.79 Å². The first-order chi connectivity index (χ1) is 15.7. The summed E-state index contributed by atoms with van der Waals surface area (Å²) in [5, 5.41) is 3.08. The molecule has 5 heteroatoms. The number of nitrogens with zero attached hydrogens (tertiary/aromatic N) is 2. The molecule has 3 aromatic carbocycles. The first-order valence-electron chi connectivity index (χ1n) is 10.7. The van der Waals surface area contributed by atoms with E-state index in [-0.39, 0.29) is 12.1 Å². The summed E-state index contributed by atoms with van der Waals surface area (Å²) in [6.45, 7) is 2.55. The minimum absolute atomic E-state index is 0.176. The molecule has 160 valence electrons. The van der Waals surface area contributed by atoms with Crippen molar-refractivity contribution >= 4 is 11.7 Å². The van der Waals surface area contributed by atoms with Crippen LogP contribution in [0.3, 0.4) is 0 Å². The number of methoxy groups -OCH3 is 1. The Morgan fingerprint density at radius 2 is 1.69 bits per heavy atom. The number of ether oxygens (including phenoxy) is 1. The van der Waals surface area contributed by atoms with Crippen molar-refractivity contribution in [3.05, 3.63) is 114 Å². The number of aromatic nitrogens is 1. The Balaban J connectivity index is 1.63. The molecular formula is C27H25N3O2. The van der Waals surface area contributed by atoms with Crippen LogP contribution in [-0.4, -0.2) is 22.6 Å². The maximum absolute atomic E-state index is 13.7. The van der Waals surface area contributed by atoms with Crippen LogP contribution in [0.1, 0.15) is 28.4 Å². The lowest BCUT2D eigenvalue weighted by atomic mass is 10.0. The number of rotatable bonds is 3. The fourth-order valence-electron chi connectivity index (χ4n) is 4.37. The molecule has 32 heavy (non-hydrogen) atoms. The zero-order valence-electron chi connectivity index (χ0n) is 18.2. The van der Waals surface area contributed by atoms with Crippen LogP contribution in [0, 0.1) is 6.92 Å². The zero-order chi connectivity index (χ0) is 22.1. The van der Waals surface area contributed by atoms with Crippen LogP contribution in [0.15, 0.2) is 91.1 Å². The highest BCUT2D eigenvalue weighted by Crippen LogP contribution is 2.37. The quantitative estimate of drug-likeness (QED) is 0.444. The summed E-state index contributed by atoms with van der Waals surface area (Å²) in [7, 11) is 1.61. The number of carbonyl (C=O) groups excluding carboxylic acids is 1. The van der Waals surface area contributed by atoms with Crippen molar-refractivity contribution in [3.63, 3.8) is 0 Å². The highest BCUT2D eigenvalue weighted by atomic mass is 16.5. The highest BCUT2D eigenvalue weighted by molar-refractivity contribution is 5.91. The van der Waals surface area contributed by atoms with Gasteiger partial charge in [0, 0.05) is 11.9 Å². The predicted octanol–water partition coefficient (Wildman–Crippen LogP) is 5.93. The fraction of sp³-hybridized carbons (Fsp3) is 0.148. The van der Waals surface area contributed by atoms with Crippen LogP contribution >= 0.6 is 0 Å². The molecule has 5 rings (SSSR count). The minimum atomic E-state index is -0.243. The maximum Gasteiger partial charge on any atom is 0.323 e. The molecule has 1 unspecified atom stereocenters. The number of benzene rings is 3. The van der Waals surface area contributed by atoms with Gasteiger partial charge in [0.1, 0.15) is 5.75 Å². The van der Waals surface area contributed by atoms with Crippen LogP contribution in [-0.2, 0) is 6.54 Å². The van der Waals surface area contributed by atoms with E-state index in [2.05, 4.69) is 65.5 Å². The molecule has 2 amide bonds. The third kappa shape index (κ3) is 3.52. The Morgan fingerprint density at radius 1 is 0.938 bits per heavy atom. The van der Waals surface area contributed by atoms with E-state index >= 15 is 0 Å². The predicted molar refractivity (Wildman–Crippen MR) is 126 cm³/mol. The summed E-state index contributed by atoms with van der Waals surface area (Å²) in [5.41, 5.74) is 6.14. The van der Waals surface area contributed by atoms with Crippen LogP contribution in [0.25, 0.3) is 5.69 Å². The number of hydrogen-bond acceptors (Lipinski definition) is 2. The number of hydrogen-bond donors (Lipinski definition) is 1. The van der Waals surface area contributed by atoms with Crippen LogP contribution in [0.4, 0.5) is 10.5 Å². The van der Waals surface area contributed by atoms with Gasteiger partial charge in [0.25, 0.3) is 0 Å². The van der Waals surface area contributed by atoms with E-state index in [0.29, 0.717) is 18.0 Å². The number of amides is 2. The van der Waals surface area contributed by atoms with Gasteiger partial charge in [-0.15, -0.1) is 0 Å². The lowest BCUT2D eigenvalue weighted by Crippen LogP contribution is -2.38. The van der Waals surface area contributed by atoms with Crippen LogP contribution in [0.5, 0.6) is 5.75 Å². The van der Waals surface area contributed by atoms with Gasteiger partial charge in [0.05, 0.1) is 31.1 Å². The van der Waals surface area contributed by atoms with Crippen molar-refractivity contribution in [1.82, 2.24) is 9.47 Å². The van der Waals surface area contributed by atoms with E-state index in [1.54, 1.807) is 7.11 Å². The van der Waals surface area contributed by atoms with Gasteiger partial charge in [-0.1, -0.05) is 60.2 Å². The SMILES string of the molecule is COc1ccccc1NC(=O)N1Cc2ccccc2-n2cccc2C1c1ccc(C)cc1. The maximum atomic E-state index is 13.7. The van der Waals surface area contributed by atoms with Gasteiger partial charge in [-0.05, 0) is 48.4 Å². The lowest BCUT2D eigenvalue weighted by Gasteiger charge is -2.31. The Hall–Kier alpha value is -3.99. The third-order valence-corrected chi connectivity index (χ3v) is 5.97. The molecule has 1 N–H and O–H groups in total. The summed E-state index contributed by atoms with van der Waals surface area (Å²) in [5.74, 6) is 0.631. The Bertz CT molecular complexity index is 1260. The van der Waals surface area contributed by atoms with E-state index in [0.717, 1.165) is 22.5 Å². The first kappa shape index (κ1) is 19.9. The number of urea groups is 1. The number of aryl methyl sites for hydroxylation is 1. The second-order valence-corrected chi connectivity index (χ2v) is 8.00. The molecule has 2 heterocycles. The molecule has 1 atom stereocenters. The second kappa shape index (κ2) is 8.27. The number of fused-ring (bicyclic) bond motifs is 3. The first-order valence-corrected chi connectivity index (χ1v) is 10.7. The molecule has 5 nitrogen and oxygen atoms in total. The third-order valence-electron chi connectivity index (χ3n) is 5.97. The Labute approximate surface area is 187 Å². The van der Waals surface area contributed by atoms with Crippen molar-refractivity contribution < 1.29 is 9.53 Å². The van der Waals surface area contributed by atoms with Gasteiger partial charge < -0.3 is 19.5 Å². The van der Waals surface area contributed by atoms with Gasteiger partial charge in [0.15, 0.2) is 0 Å². The molecule has 4 aromatic rings. The van der Waals surface area contributed by atoms with Gasteiger partial charge in [-0.3, -0.25) is 0 Å². The monoisotopic (exact) mass is 423 g/mol. The molecule has 1 aliphatic heterocycles. The average Bonchev–Trinajstić information content (AvgIpc) is 3.24. The lowest BCUT2D eigenvalue weighted by molar-refractivity contribution is 0.194. The van der Waals surface area contributed by atoms with Crippen molar-refractivity contribution in [1.29, 1.82) is 0 Å². The summed E-state index contributed by atoms with van der Waals surface area (Å²) < 4.78 is 7.64. The molecule has 0 fully saturated rings. The van der Waals surface area contributed by atoms with E-state index in [1.165, 1.54) is 5.56 Å². The van der Waals surface area contributed by atoms with Crippen molar-refractivity contribution in [2.75, 3.05) is 12.4 Å². The van der Waals surface area contributed by atoms with E-state index < -0.39 is 0 Å². The molecule has 0 aliphatic carbocycles. The largest absolute Gasteiger partial charge is 0.495 e. The molecule has 0 bridgehead atoms. The normalized spacial score (nSPS) is 14.8. The van der Waals surface area contributed by atoms with Crippen molar-refractivity contribution in [3.8, 4) is 11.4 Å². The highest BCUT2D eigenvalue weighted by Gasteiger charge is 2.33. The number of anilines is 1. The minimum Gasteiger partial charge on any atom is -0.495 e. The van der Waals surface area contributed by atoms with Gasteiger partial charge in [0.2, 0.25) is 0 Å². The molecule has 1 aromatic heterocycles. The van der Waals surface area contributed by atoms with Crippen molar-refractivity contribution in [2.24, 2.45) is 0 Å². The second-order valence-electron chi connectivity index (χ2n) is 8.00. The molecule has 0 radical (unpaired) electrons. The molecule has 0 saturated heterocycles. The Morgan fingerprint density at radius 3 is 2.50 bits per heavy atom. The van der Waals surface area contributed by atoms with Gasteiger partial charge in [-0.2, -0.15) is 0 Å². The number of para-hydroxylation sites is 3. The van der Waals surface area contributed by atoms with Gasteiger partial charge >= 0.3 is 6.03 Å². The Kier molecular flexibility index (Phi) is 5.15. The van der Waals surface area contributed by atoms with Crippen molar-refractivity contribution in [2.45, 2.75) is 19.5 Å². The molecule has 0 saturated carbocycles. The van der Waals surface area contributed by atoms with E-state index in [9.17, 15) is 4.79 Å². The molecule has 1 aliphatic rings. The average molecular weight is 424 g/mol. The summed E-state index contributed by atoms with van der Waals surface area (Å²) in [6, 6.07) is 27.8. The number of nitrogens with one attached hydrogen (secondary N) is 1. The summed E-state index contributed by atoms with van der Waals surface area (Å²) in [4.78, 5) is 15.6. The summed E-state index contributed by atoms with van der Waals surface area (Å²) >= 11 is 0. The molecule has 0 spiro atoms. The molecular weight excluding hydrogens is 398 g/mol. The standard InChI is InChI=1S/C27H25N3O2/c1-19-13-15-20(16-14-19)26-24-11-7-17-29(24)23-10-5-3-8-21(23)18-30(26)27(31)28-22-9-4-6-12-25(22)32-2/h3-17,26H,18H2,1-2H3,(H,28,31). The van der Waals surface area contributed by atoms with E-state index in [1.807, 2.05) is 47.4 Å². The summed E-state index contributed by atoms with van der Waals surface area (Å²) in [6.07, 6.45) is 2.07. The smallest absolute Gasteiger partial charge is 0.323 e. The van der Waals surface area contributed by atoms with E-state index in [4.69, 9.17) is 4.74 Å². The topological polar surface area (TPSA) is 46.5 Å². The van der Waals surface area contributed by atoms with Crippen LogP contribution in [0.2, 0.25) is 0 Å². The fourth-order valence-corrected chi connectivity index (χ4v) is 4.37. The van der Waals surface area contributed by atoms with Crippen LogP contribution < -0.4 is 10.1 Å². The zero-order valence-corrected chi connectivity index (χ0v) is 18.2.